The molecule has 9 heteroatoms. The van der Waals surface area contributed by atoms with Crippen LogP contribution in [0.4, 0.5) is 0 Å². The Kier molecular flexibility index (Phi) is 4.67. The third-order valence-electron chi connectivity index (χ3n) is 3.34. The number of phenolic OH excluding ortho intramolecular Hbond substituents is 1. The molecule has 0 saturated carbocycles. The van der Waals surface area contributed by atoms with Crippen molar-refractivity contribution in [2.75, 3.05) is 13.1 Å². The van der Waals surface area contributed by atoms with Crippen molar-refractivity contribution in [3.05, 3.63) is 22.2 Å². The first-order valence-corrected chi connectivity index (χ1v) is 8.34. The molecule has 1 heterocycles. The van der Waals surface area contributed by atoms with E-state index >= 15 is 0 Å². The average molecular weight is 354 g/mol. The molecule has 1 aliphatic rings. The van der Waals surface area contributed by atoms with Gasteiger partial charge in [0.25, 0.3) is 0 Å². The molecular weight excluding hydrogens is 341 g/mol. The third kappa shape index (κ3) is 3.26. The lowest BCUT2D eigenvalue weighted by molar-refractivity contribution is -0.142. The number of rotatable bonds is 3. The van der Waals surface area contributed by atoms with Crippen LogP contribution < -0.4 is 0 Å². The Morgan fingerprint density at radius 1 is 1.33 bits per heavy atom. The van der Waals surface area contributed by atoms with Crippen LogP contribution in [0.1, 0.15) is 12.8 Å². The van der Waals surface area contributed by atoms with Crippen LogP contribution in [0, 0.1) is 5.92 Å². The number of nitrogens with zero attached hydrogens (tertiary/aromatic N) is 1. The van der Waals surface area contributed by atoms with Crippen molar-refractivity contribution in [3.63, 3.8) is 0 Å². The number of halogens is 2. The summed E-state index contributed by atoms with van der Waals surface area (Å²) in [6.07, 6.45) is 0.856. The van der Waals surface area contributed by atoms with Gasteiger partial charge in [-0.25, -0.2) is 8.42 Å². The Morgan fingerprint density at radius 2 is 2.00 bits per heavy atom. The normalized spacial score (nSPS) is 20.4. The second kappa shape index (κ2) is 6.00. The summed E-state index contributed by atoms with van der Waals surface area (Å²) in [6.45, 7) is 0.0525. The Balaban J connectivity index is 2.40. The topological polar surface area (TPSA) is 94.9 Å². The molecule has 1 aromatic carbocycles. The second-order valence-electron chi connectivity index (χ2n) is 4.77. The van der Waals surface area contributed by atoms with E-state index in [1.807, 2.05) is 0 Å². The van der Waals surface area contributed by atoms with Gasteiger partial charge in [0.1, 0.15) is 4.90 Å². The maximum absolute atomic E-state index is 12.5. The molecule has 1 aliphatic heterocycles. The molecule has 1 atom stereocenters. The van der Waals surface area contributed by atoms with Crippen molar-refractivity contribution in [2.24, 2.45) is 5.92 Å². The summed E-state index contributed by atoms with van der Waals surface area (Å²) < 4.78 is 26.1. The second-order valence-corrected chi connectivity index (χ2v) is 7.52. The zero-order valence-electron chi connectivity index (χ0n) is 10.8. The zero-order valence-corrected chi connectivity index (χ0v) is 13.1. The predicted octanol–water partition coefficient (Wildman–Crippen LogP) is 2.18. The van der Waals surface area contributed by atoms with Crippen LogP contribution in [-0.4, -0.2) is 42.0 Å². The molecular formula is C12H13Cl2NO5S. The third-order valence-corrected chi connectivity index (χ3v) is 5.73. The van der Waals surface area contributed by atoms with Gasteiger partial charge in [-0.3, -0.25) is 4.79 Å². The first kappa shape index (κ1) is 16.4. The number of hydrogen-bond donors (Lipinski definition) is 2. The number of carboxylic acid groups (broad SMARTS) is 1. The monoisotopic (exact) mass is 353 g/mol. The van der Waals surface area contributed by atoms with E-state index < -0.39 is 32.6 Å². The van der Waals surface area contributed by atoms with Crippen molar-refractivity contribution >= 4 is 39.2 Å². The fraction of sp³-hybridized carbons (Fsp3) is 0.417. The van der Waals surface area contributed by atoms with Crippen LogP contribution in [-0.2, 0) is 14.8 Å². The SMILES string of the molecule is O=C(O)C1CCCN(S(=O)(=O)c2cc(Cl)cc(Cl)c2O)C1. The predicted molar refractivity (Wildman–Crippen MR) is 77.2 cm³/mol. The van der Waals surface area contributed by atoms with Crippen LogP contribution in [0.3, 0.4) is 0 Å². The van der Waals surface area contributed by atoms with E-state index in [1.54, 1.807) is 0 Å². The summed E-state index contributed by atoms with van der Waals surface area (Å²) in [7, 11) is -4.05. The molecule has 21 heavy (non-hydrogen) atoms. The van der Waals surface area contributed by atoms with Gasteiger partial charge in [-0.1, -0.05) is 23.2 Å². The molecule has 1 aromatic rings. The van der Waals surface area contributed by atoms with Gasteiger partial charge in [0.05, 0.1) is 10.9 Å². The van der Waals surface area contributed by atoms with E-state index in [4.69, 9.17) is 28.3 Å². The number of piperidine rings is 1. The molecule has 0 aliphatic carbocycles. The van der Waals surface area contributed by atoms with Crippen molar-refractivity contribution in [1.29, 1.82) is 0 Å². The van der Waals surface area contributed by atoms with Crippen LogP contribution in [0.15, 0.2) is 17.0 Å². The minimum atomic E-state index is -4.05. The standard InChI is InChI=1S/C12H13Cl2NO5S/c13-8-4-9(14)11(16)10(5-8)21(19,20)15-3-1-2-7(6-15)12(17)18/h4-5,7,16H,1-3,6H2,(H,17,18). The number of aromatic hydroxyl groups is 1. The largest absolute Gasteiger partial charge is 0.505 e. The Morgan fingerprint density at radius 3 is 2.62 bits per heavy atom. The van der Waals surface area contributed by atoms with Gasteiger partial charge in [0, 0.05) is 18.1 Å². The fourth-order valence-corrected chi connectivity index (χ4v) is 4.51. The highest BCUT2D eigenvalue weighted by Gasteiger charge is 2.35. The van der Waals surface area contributed by atoms with Crippen molar-refractivity contribution in [1.82, 2.24) is 4.31 Å². The van der Waals surface area contributed by atoms with Gasteiger partial charge >= 0.3 is 5.97 Å². The molecule has 0 aromatic heterocycles. The smallest absolute Gasteiger partial charge is 0.307 e. The van der Waals surface area contributed by atoms with Crippen LogP contribution in [0.25, 0.3) is 0 Å². The highest BCUT2D eigenvalue weighted by molar-refractivity contribution is 7.89. The molecule has 1 saturated heterocycles. The minimum Gasteiger partial charge on any atom is -0.505 e. The van der Waals surface area contributed by atoms with E-state index in [9.17, 15) is 18.3 Å². The van der Waals surface area contributed by atoms with Gasteiger partial charge in [-0.2, -0.15) is 4.31 Å². The van der Waals surface area contributed by atoms with E-state index in [-0.39, 0.29) is 23.1 Å². The quantitative estimate of drug-likeness (QED) is 0.868. The summed E-state index contributed by atoms with van der Waals surface area (Å²) >= 11 is 11.5. The summed E-state index contributed by atoms with van der Waals surface area (Å²) in [6, 6.07) is 2.33. The van der Waals surface area contributed by atoms with E-state index in [0.717, 1.165) is 10.4 Å². The van der Waals surface area contributed by atoms with Crippen molar-refractivity contribution in [3.8, 4) is 5.75 Å². The lowest BCUT2D eigenvalue weighted by Gasteiger charge is -2.30. The highest BCUT2D eigenvalue weighted by atomic mass is 35.5. The number of aliphatic carboxylic acids is 1. The van der Waals surface area contributed by atoms with Gasteiger partial charge in [-0.05, 0) is 25.0 Å². The summed E-state index contributed by atoms with van der Waals surface area (Å²) in [5.74, 6) is -2.38. The van der Waals surface area contributed by atoms with Gasteiger partial charge < -0.3 is 10.2 Å². The molecule has 0 radical (unpaired) electrons. The van der Waals surface area contributed by atoms with Crippen LogP contribution in [0.2, 0.25) is 10.0 Å². The summed E-state index contributed by atoms with van der Waals surface area (Å²) in [5, 5.41) is 18.8. The molecule has 2 rings (SSSR count). The average Bonchev–Trinajstić information content (AvgIpc) is 2.42. The molecule has 0 bridgehead atoms. The molecule has 1 unspecified atom stereocenters. The zero-order chi connectivity index (χ0) is 15.8. The maximum Gasteiger partial charge on any atom is 0.307 e. The molecule has 6 nitrogen and oxygen atoms in total. The molecule has 1 fully saturated rings. The lowest BCUT2D eigenvalue weighted by atomic mass is 10.0. The fourth-order valence-electron chi connectivity index (χ4n) is 2.24. The first-order valence-electron chi connectivity index (χ1n) is 6.14. The molecule has 0 spiro atoms. The highest BCUT2D eigenvalue weighted by Crippen LogP contribution is 2.36. The van der Waals surface area contributed by atoms with Gasteiger partial charge in [0.2, 0.25) is 10.0 Å². The molecule has 116 valence electrons. The number of carbonyl (C=O) groups is 1. The summed E-state index contributed by atoms with van der Waals surface area (Å²) in [5.41, 5.74) is 0. The number of hydrogen-bond acceptors (Lipinski definition) is 4. The van der Waals surface area contributed by atoms with Crippen molar-refractivity contribution < 1.29 is 23.4 Å². The van der Waals surface area contributed by atoms with Gasteiger partial charge in [-0.15, -0.1) is 0 Å². The first-order chi connectivity index (χ1) is 9.73. The lowest BCUT2D eigenvalue weighted by Crippen LogP contribution is -2.42. The Hall–Kier alpha value is -1.02. The number of carboxylic acids is 1. The Bertz CT molecular complexity index is 676. The summed E-state index contributed by atoms with van der Waals surface area (Å²) in [4.78, 5) is 10.6. The maximum atomic E-state index is 12.5. The van der Waals surface area contributed by atoms with Crippen molar-refractivity contribution in [2.45, 2.75) is 17.7 Å². The van der Waals surface area contributed by atoms with E-state index in [0.29, 0.717) is 12.8 Å². The number of phenols is 1. The van der Waals surface area contributed by atoms with E-state index in [2.05, 4.69) is 0 Å². The minimum absolute atomic E-state index is 0.0724. The molecule has 2 N–H and O–H groups in total. The van der Waals surface area contributed by atoms with E-state index in [1.165, 1.54) is 6.07 Å². The number of benzene rings is 1. The Labute approximate surface area is 131 Å². The van der Waals surface area contributed by atoms with Crippen LogP contribution >= 0.6 is 23.2 Å². The van der Waals surface area contributed by atoms with Gasteiger partial charge in [0.15, 0.2) is 5.75 Å². The number of sulfonamides is 1. The van der Waals surface area contributed by atoms with Crippen LogP contribution in [0.5, 0.6) is 5.75 Å². The molecule has 0 amide bonds.